The first-order chi connectivity index (χ1) is 15.4. The van der Waals surface area contributed by atoms with Gasteiger partial charge >= 0.3 is 0 Å². The molecule has 0 aliphatic heterocycles. The molecule has 170 valence electrons. The van der Waals surface area contributed by atoms with Gasteiger partial charge in [-0.1, -0.05) is 17.8 Å². The van der Waals surface area contributed by atoms with E-state index in [4.69, 9.17) is 14.2 Å². The Bertz CT molecular complexity index is 1040. The largest absolute Gasteiger partial charge is 0.497 e. The van der Waals surface area contributed by atoms with Crippen molar-refractivity contribution in [2.45, 2.75) is 38.1 Å². The normalized spacial score (nSPS) is 11.8. The van der Waals surface area contributed by atoms with E-state index in [1.165, 1.54) is 11.8 Å². The fourth-order valence-corrected chi connectivity index (χ4v) is 3.96. The van der Waals surface area contributed by atoms with Crippen LogP contribution in [0, 0.1) is 0 Å². The molecular weight excluding hydrogens is 428 g/mol. The van der Waals surface area contributed by atoms with Gasteiger partial charge in [-0.15, -0.1) is 10.2 Å². The number of methoxy groups -OCH3 is 2. The van der Waals surface area contributed by atoms with E-state index in [1.54, 1.807) is 20.3 Å². The molecule has 32 heavy (non-hydrogen) atoms. The molecule has 1 amide bonds. The summed E-state index contributed by atoms with van der Waals surface area (Å²) in [5, 5.41) is 12.2. The monoisotopic (exact) mass is 456 g/mol. The molecule has 3 rings (SSSR count). The Hall–Kier alpha value is -3.20. The van der Waals surface area contributed by atoms with Gasteiger partial charge in [0.1, 0.15) is 17.2 Å². The zero-order valence-electron chi connectivity index (χ0n) is 18.9. The van der Waals surface area contributed by atoms with Crippen LogP contribution in [0.4, 0.5) is 5.69 Å². The lowest BCUT2D eigenvalue weighted by atomic mass is 10.3. The van der Waals surface area contributed by atoms with Crippen molar-refractivity contribution in [2.75, 3.05) is 25.3 Å². The predicted molar refractivity (Wildman–Crippen MR) is 125 cm³/mol. The van der Waals surface area contributed by atoms with Crippen LogP contribution in [-0.2, 0) is 4.79 Å². The first kappa shape index (κ1) is 23.5. The standard InChI is InChI=1S/C23H28N4O4S/c1-15(2)27-22(16(3)31-19-11-9-18(29-4)10-12-19)25-26-23(27)32-14-21(28)24-17-7-6-8-20(13-17)30-5/h6-13,15-16H,14H2,1-5H3,(H,24,28). The van der Waals surface area contributed by atoms with Crippen LogP contribution < -0.4 is 19.5 Å². The third kappa shape index (κ3) is 5.94. The van der Waals surface area contributed by atoms with Crippen molar-refractivity contribution in [1.29, 1.82) is 0 Å². The molecule has 0 aliphatic rings. The first-order valence-corrected chi connectivity index (χ1v) is 11.2. The second kappa shape index (κ2) is 10.9. The topological polar surface area (TPSA) is 87.5 Å². The number of amides is 1. The van der Waals surface area contributed by atoms with E-state index >= 15 is 0 Å². The van der Waals surface area contributed by atoms with Crippen molar-refractivity contribution in [3.05, 3.63) is 54.4 Å². The lowest BCUT2D eigenvalue weighted by molar-refractivity contribution is -0.113. The van der Waals surface area contributed by atoms with Crippen LogP contribution in [-0.4, -0.2) is 40.6 Å². The highest BCUT2D eigenvalue weighted by molar-refractivity contribution is 7.99. The minimum absolute atomic E-state index is 0.103. The van der Waals surface area contributed by atoms with Crippen molar-refractivity contribution in [1.82, 2.24) is 14.8 Å². The van der Waals surface area contributed by atoms with Gasteiger partial charge in [0.2, 0.25) is 5.91 Å². The maximum absolute atomic E-state index is 12.4. The molecule has 0 fully saturated rings. The quantitative estimate of drug-likeness (QED) is 0.441. The summed E-state index contributed by atoms with van der Waals surface area (Å²) in [5.74, 6) is 2.93. The summed E-state index contributed by atoms with van der Waals surface area (Å²) in [6, 6.07) is 14.7. The zero-order valence-corrected chi connectivity index (χ0v) is 19.7. The molecule has 2 aromatic carbocycles. The average molecular weight is 457 g/mol. The number of benzene rings is 2. The second-order valence-corrected chi connectivity index (χ2v) is 8.25. The summed E-state index contributed by atoms with van der Waals surface area (Å²) in [4.78, 5) is 12.4. The maximum atomic E-state index is 12.4. The molecule has 0 bridgehead atoms. The number of ether oxygens (including phenoxy) is 3. The van der Waals surface area contributed by atoms with E-state index in [-0.39, 0.29) is 23.8 Å². The van der Waals surface area contributed by atoms with E-state index in [9.17, 15) is 4.79 Å². The molecule has 0 saturated heterocycles. The van der Waals surface area contributed by atoms with Crippen LogP contribution in [0.3, 0.4) is 0 Å². The van der Waals surface area contributed by atoms with E-state index in [1.807, 2.05) is 67.8 Å². The lowest BCUT2D eigenvalue weighted by Crippen LogP contribution is -2.16. The molecular formula is C23H28N4O4S. The molecule has 9 heteroatoms. The van der Waals surface area contributed by atoms with Crippen molar-refractivity contribution in [3.63, 3.8) is 0 Å². The van der Waals surface area contributed by atoms with E-state index in [2.05, 4.69) is 15.5 Å². The molecule has 1 heterocycles. The summed E-state index contributed by atoms with van der Waals surface area (Å²) in [5.41, 5.74) is 0.683. The Morgan fingerprint density at radius 1 is 1.00 bits per heavy atom. The highest BCUT2D eigenvalue weighted by Gasteiger charge is 2.22. The van der Waals surface area contributed by atoms with Gasteiger partial charge in [-0.25, -0.2) is 0 Å². The van der Waals surface area contributed by atoms with Crippen molar-refractivity contribution >= 4 is 23.4 Å². The fourth-order valence-electron chi connectivity index (χ4n) is 3.09. The van der Waals surface area contributed by atoms with E-state index in [0.717, 1.165) is 5.75 Å². The molecule has 1 atom stereocenters. The molecule has 0 saturated carbocycles. The van der Waals surface area contributed by atoms with E-state index < -0.39 is 0 Å². The SMILES string of the molecule is COc1ccc(OC(C)c2nnc(SCC(=O)Nc3cccc(OC)c3)n2C(C)C)cc1. The van der Waals surface area contributed by atoms with Crippen LogP contribution in [0.1, 0.15) is 38.7 Å². The number of carbonyl (C=O) groups is 1. The van der Waals surface area contributed by atoms with Crippen LogP contribution in [0.5, 0.6) is 17.2 Å². The number of carbonyl (C=O) groups excluding carboxylic acids is 1. The van der Waals surface area contributed by atoms with Crippen molar-refractivity contribution in [2.24, 2.45) is 0 Å². The van der Waals surface area contributed by atoms with Crippen molar-refractivity contribution in [3.8, 4) is 17.2 Å². The minimum Gasteiger partial charge on any atom is -0.497 e. The van der Waals surface area contributed by atoms with Crippen LogP contribution in [0.25, 0.3) is 0 Å². The number of aromatic nitrogens is 3. The molecule has 3 aromatic rings. The lowest BCUT2D eigenvalue weighted by Gasteiger charge is -2.19. The summed E-state index contributed by atoms with van der Waals surface area (Å²) in [7, 11) is 3.21. The van der Waals surface area contributed by atoms with Gasteiger partial charge in [0.05, 0.1) is 20.0 Å². The van der Waals surface area contributed by atoms with E-state index in [0.29, 0.717) is 28.2 Å². The summed E-state index contributed by atoms with van der Waals surface area (Å²) in [6.07, 6.45) is -0.321. The average Bonchev–Trinajstić information content (AvgIpc) is 3.23. The van der Waals surface area contributed by atoms with Gasteiger partial charge in [0, 0.05) is 17.8 Å². The fraction of sp³-hybridized carbons (Fsp3) is 0.348. The molecule has 8 nitrogen and oxygen atoms in total. The number of hydrogen-bond acceptors (Lipinski definition) is 7. The Labute approximate surface area is 192 Å². The number of nitrogens with one attached hydrogen (secondary N) is 1. The Morgan fingerprint density at radius 2 is 1.69 bits per heavy atom. The smallest absolute Gasteiger partial charge is 0.234 e. The zero-order chi connectivity index (χ0) is 23.1. The molecule has 0 radical (unpaired) electrons. The molecule has 0 spiro atoms. The number of hydrogen-bond donors (Lipinski definition) is 1. The number of thioether (sulfide) groups is 1. The minimum atomic E-state index is -0.321. The summed E-state index contributed by atoms with van der Waals surface area (Å²) >= 11 is 1.34. The molecule has 0 aliphatic carbocycles. The number of rotatable bonds is 10. The third-order valence-electron chi connectivity index (χ3n) is 4.63. The Kier molecular flexibility index (Phi) is 7.99. The van der Waals surface area contributed by atoms with Crippen molar-refractivity contribution < 1.29 is 19.0 Å². The van der Waals surface area contributed by atoms with Gasteiger partial charge in [-0.2, -0.15) is 0 Å². The molecule has 1 aromatic heterocycles. The first-order valence-electron chi connectivity index (χ1n) is 10.2. The maximum Gasteiger partial charge on any atom is 0.234 e. The molecule has 1 unspecified atom stereocenters. The number of nitrogens with zero attached hydrogens (tertiary/aromatic N) is 3. The van der Waals surface area contributed by atoms with Gasteiger partial charge < -0.3 is 24.1 Å². The second-order valence-electron chi connectivity index (χ2n) is 7.31. The summed E-state index contributed by atoms with van der Waals surface area (Å²) in [6.45, 7) is 6.03. The third-order valence-corrected chi connectivity index (χ3v) is 5.57. The highest BCUT2D eigenvalue weighted by Crippen LogP contribution is 2.28. The van der Waals surface area contributed by atoms with Gasteiger partial charge in [0.25, 0.3) is 0 Å². The molecule has 1 N–H and O–H groups in total. The Balaban J connectivity index is 1.66. The highest BCUT2D eigenvalue weighted by atomic mass is 32.2. The number of anilines is 1. The summed E-state index contributed by atoms with van der Waals surface area (Å²) < 4.78 is 18.4. The van der Waals surface area contributed by atoms with Gasteiger partial charge in [0.15, 0.2) is 17.1 Å². The van der Waals surface area contributed by atoms with Gasteiger partial charge in [-0.05, 0) is 57.2 Å². The Morgan fingerprint density at radius 3 is 2.34 bits per heavy atom. The van der Waals surface area contributed by atoms with Crippen LogP contribution >= 0.6 is 11.8 Å². The van der Waals surface area contributed by atoms with Gasteiger partial charge in [-0.3, -0.25) is 4.79 Å². The van der Waals surface area contributed by atoms with Crippen LogP contribution in [0.15, 0.2) is 53.7 Å². The predicted octanol–water partition coefficient (Wildman–Crippen LogP) is 4.75. The van der Waals surface area contributed by atoms with Crippen LogP contribution in [0.2, 0.25) is 0 Å².